The van der Waals surface area contributed by atoms with Gasteiger partial charge in [-0.2, -0.15) is 0 Å². The smallest absolute Gasteiger partial charge is 0.260 e. The third-order valence-corrected chi connectivity index (χ3v) is 6.20. The number of benzene rings is 2. The molecule has 10 heteroatoms. The first-order valence-corrected chi connectivity index (χ1v) is 12.1. The Morgan fingerprint density at radius 3 is 2.49 bits per heavy atom. The number of fused-ring (bicyclic) bond motifs is 1. The quantitative estimate of drug-likeness (QED) is 0.500. The second-order valence-electron chi connectivity index (χ2n) is 8.51. The van der Waals surface area contributed by atoms with Crippen LogP contribution in [0.3, 0.4) is 0 Å². The van der Waals surface area contributed by atoms with Crippen LogP contribution in [0.25, 0.3) is 11.8 Å². The normalized spacial score (nSPS) is 19.6. The summed E-state index contributed by atoms with van der Waals surface area (Å²) in [5.41, 5.74) is 0.822. The third kappa shape index (κ3) is 4.81. The minimum atomic E-state index is -1.55. The monoisotopic (exact) mass is 514 g/mol. The molecule has 0 spiro atoms. The number of imidazole rings is 1. The van der Waals surface area contributed by atoms with Crippen molar-refractivity contribution in [3.63, 3.8) is 0 Å². The maximum absolute atomic E-state index is 15.2. The van der Waals surface area contributed by atoms with Crippen LogP contribution >= 0.6 is 0 Å². The molecule has 3 aromatic rings. The predicted molar refractivity (Wildman–Crippen MR) is 134 cm³/mol. The van der Waals surface area contributed by atoms with E-state index in [2.05, 4.69) is 10.1 Å². The third-order valence-electron chi connectivity index (χ3n) is 6.20. The number of aliphatic hydroxyl groups is 1. The van der Waals surface area contributed by atoms with Gasteiger partial charge in [0.05, 0.1) is 19.1 Å². The van der Waals surface area contributed by atoms with Crippen LogP contribution in [0.2, 0.25) is 0 Å². The lowest BCUT2D eigenvalue weighted by atomic mass is 9.94. The molecule has 2 aliphatic rings. The second-order valence-corrected chi connectivity index (χ2v) is 8.51. The number of rotatable bonds is 5. The van der Waals surface area contributed by atoms with Gasteiger partial charge in [-0.05, 0) is 61.2 Å². The minimum Gasteiger partial charge on any atom is -0.494 e. The zero-order chi connectivity index (χ0) is 26.7. The Morgan fingerprint density at radius 2 is 1.86 bits per heavy atom. The number of aryl methyl sites for hydroxylation is 1. The van der Waals surface area contributed by atoms with Gasteiger partial charge >= 0.3 is 0 Å². The highest BCUT2D eigenvalue weighted by molar-refractivity contribution is 6.03. The van der Waals surface area contributed by atoms with Crippen LogP contribution in [-0.2, 0) is 10.6 Å². The molecule has 1 aromatic heterocycles. The number of methoxy groups -OCH3 is 1. The van der Waals surface area contributed by atoms with Crippen molar-refractivity contribution in [3.05, 3.63) is 82.7 Å². The highest BCUT2D eigenvalue weighted by Gasteiger charge is 2.49. The highest BCUT2D eigenvalue weighted by atomic mass is 19.1. The van der Waals surface area contributed by atoms with Crippen molar-refractivity contribution in [3.8, 4) is 11.4 Å². The molecule has 0 amide bonds. The van der Waals surface area contributed by atoms with Gasteiger partial charge in [-0.3, -0.25) is 0 Å². The molecule has 2 aromatic carbocycles. The van der Waals surface area contributed by atoms with E-state index < -0.39 is 29.8 Å². The first-order chi connectivity index (χ1) is 17.8. The fourth-order valence-corrected chi connectivity index (χ4v) is 4.60. The van der Waals surface area contributed by atoms with E-state index in [1.807, 2.05) is 20.8 Å². The molecule has 3 heterocycles. The molecule has 196 valence electrons. The van der Waals surface area contributed by atoms with Gasteiger partial charge in [-0.1, -0.05) is 19.0 Å². The lowest BCUT2D eigenvalue weighted by molar-refractivity contribution is -0.137. The van der Waals surface area contributed by atoms with E-state index in [1.54, 1.807) is 27.8 Å². The molecule has 1 saturated heterocycles. The Balaban J connectivity index is 0.00000156. The number of nitrogens with zero attached hydrogens (tertiary/aromatic N) is 4. The molecule has 0 bridgehead atoms. The number of hydrogen-bond acceptors (Lipinski definition) is 6. The maximum Gasteiger partial charge on any atom is 0.260 e. The average Bonchev–Trinajstić information content (AvgIpc) is 3.49. The minimum absolute atomic E-state index is 0.116. The van der Waals surface area contributed by atoms with Gasteiger partial charge in [0.25, 0.3) is 5.72 Å². The summed E-state index contributed by atoms with van der Waals surface area (Å²) >= 11 is 0. The maximum atomic E-state index is 15.2. The zero-order valence-corrected chi connectivity index (χ0v) is 21.1. The Bertz CT molecular complexity index is 1330. The summed E-state index contributed by atoms with van der Waals surface area (Å²) in [4.78, 5) is 11.5. The van der Waals surface area contributed by atoms with E-state index in [0.717, 1.165) is 29.5 Å². The Morgan fingerprint density at radius 1 is 1.14 bits per heavy atom. The fraction of sp³-hybridized carbons (Fsp3) is 0.333. The largest absolute Gasteiger partial charge is 0.494 e. The summed E-state index contributed by atoms with van der Waals surface area (Å²) < 4.78 is 50.1. The Kier molecular flexibility index (Phi) is 7.58. The van der Waals surface area contributed by atoms with E-state index in [0.29, 0.717) is 36.5 Å². The Labute approximate surface area is 213 Å². The molecule has 1 fully saturated rings. The van der Waals surface area contributed by atoms with Gasteiger partial charge in [-0.15, -0.1) is 0 Å². The summed E-state index contributed by atoms with van der Waals surface area (Å²) in [6.45, 7) is 5.69. The van der Waals surface area contributed by atoms with Gasteiger partial charge in [0, 0.05) is 24.4 Å². The lowest BCUT2D eigenvalue weighted by Crippen LogP contribution is -2.51. The van der Waals surface area contributed by atoms with Crippen LogP contribution in [0.5, 0.6) is 5.75 Å². The van der Waals surface area contributed by atoms with Crippen LogP contribution < -0.4 is 4.74 Å². The van der Waals surface area contributed by atoms with Crippen molar-refractivity contribution in [1.82, 2.24) is 14.5 Å². The molecule has 7 nitrogen and oxygen atoms in total. The number of oxime groups is 1. The molecule has 0 aliphatic carbocycles. The topological polar surface area (TPSA) is 72.1 Å². The molecule has 0 radical (unpaired) electrons. The van der Waals surface area contributed by atoms with Crippen LogP contribution in [0, 0.1) is 24.4 Å². The summed E-state index contributed by atoms with van der Waals surface area (Å²) in [6.07, 6.45) is 6.26. The molecule has 5 rings (SSSR count). The molecular formula is C27H29F3N4O3. The molecule has 37 heavy (non-hydrogen) atoms. The van der Waals surface area contributed by atoms with E-state index in [4.69, 9.17) is 9.57 Å². The van der Waals surface area contributed by atoms with Crippen LogP contribution in [0.4, 0.5) is 13.2 Å². The zero-order valence-electron chi connectivity index (χ0n) is 21.1. The predicted octanol–water partition coefficient (Wildman–Crippen LogP) is 5.30. The van der Waals surface area contributed by atoms with Crippen LogP contribution in [0.15, 0.2) is 53.6 Å². The number of amidine groups is 1. The van der Waals surface area contributed by atoms with E-state index in [9.17, 15) is 13.9 Å². The standard InChI is InChI=1S/C25H23F3N4O3.C2H6/c1-15-12-31(14-29-15)23-21(28)7-16(8-22(23)34-2)6-17-4-3-5-32-24(17)30-35-25(32,13-33)18-9-19(26)11-20(27)10-18;1-2/h6-12,14,33H,3-5,13H2,1-2H3;1-2H3/b17-6+;. The molecule has 1 unspecified atom stereocenters. The van der Waals surface area contributed by atoms with Gasteiger partial charge < -0.3 is 24.1 Å². The molecule has 2 aliphatic heterocycles. The highest BCUT2D eigenvalue weighted by Crippen LogP contribution is 2.41. The Hall–Kier alpha value is -3.79. The summed E-state index contributed by atoms with van der Waals surface area (Å²) in [5, 5.41) is 14.4. The number of aliphatic hydroxyl groups excluding tert-OH is 1. The first-order valence-electron chi connectivity index (χ1n) is 12.1. The number of ether oxygens (including phenoxy) is 1. The first kappa shape index (κ1) is 26.3. The number of aromatic nitrogens is 2. The van der Waals surface area contributed by atoms with Crippen molar-refractivity contribution in [1.29, 1.82) is 0 Å². The van der Waals surface area contributed by atoms with Crippen molar-refractivity contribution >= 4 is 11.9 Å². The van der Waals surface area contributed by atoms with E-state index >= 15 is 4.39 Å². The second kappa shape index (κ2) is 10.7. The summed E-state index contributed by atoms with van der Waals surface area (Å²) in [7, 11) is 1.46. The average molecular weight is 515 g/mol. The SMILES string of the molecule is CC.COc1cc(/C=C2\CCCN3C2=NOC3(CO)c2cc(F)cc(F)c2)cc(F)c1-n1cnc(C)c1. The molecular weight excluding hydrogens is 485 g/mol. The molecule has 0 saturated carbocycles. The lowest BCUT2D eigenvalue weighted by Gasteiger charge is -2.38. The summed E-state index contributed by atoms with van der Waals surface area (Å²) in [6, 6.07) is 6.08. The van der Waals surface area contributed by atoms with Gasteiger partial charge in [0.15, 0.2) is 11.7 Å². The van der Waals surface area contributed by atoms with Crippen LogP contribution in [-0.4, -0.2) is 45.7 Å². The fourth-order valence-electron chi connectivity index (χ4n) is 4.60. The van der Waals surface area contributed by atoms with Crippen molar-refractivity contribution < 1.29 is 27.9 Å². The van der Waals surface area contributed by atoms with Crippen LogP contribution in [0.1, 0.15) is 43.5 Å². The summed E-state index contributed by atoms with van der Waals surface area (Å²) in [5.74, 6) is -1.32. The van der Waals surface area contributed by atoms with E-state index in [-0.39, 0.29) is 11.3 Å². The van der Waals surface area contributed by atoms with Crippen molar-refractivity contribution in [2.75, 3.05) is 20.3 Å². The van der Waals surface area contributed by atoms with Gasteiger partial charge in [0.2, 0.25) is 0 Å². The number of hydrogen-bond donors (Lipinski definition) is 1. The number of halogens is 3. The van der Waals surface area contributed by atoms with Crippen molar-refractivity contribution in [2.45, 2.75) is 39.3 Å². The number of piperidine rings is 1. The van der Waals surface area contributed by atoms with Gasteiger partial charge in [-0.25, -0.2) is 18.2 Å². The molecule has 1 atom stereocenters. The van der Waals surface area contributed by atoms with Crippen molar-refractivity contribution in [2.24, 2.45) is 5.16 Å². The molecule has 1 N–H and O–H groups in total. The van der Waals surface area contributed by atoms with E-state index in [1.165, 1.54) is 19.5 Å². The van der Waals surface area contributed by atoms with Gasteiger partial charge in [0.1, 0.15) is 29.7 Å².